The van der Waals surface area contributed by atoms with Gasteiger partial charge >= 0.3 is 0 Å². The van der Waals surface area contributed by atoms with Gasteiger partial charge in [-0.1, -0.05) is 12.1 Å². The van der Waals surface area contributed by atoms with E-state index in [1.54, 1.807) is 24.3 Å². The van der Waals surface area contributed by atoms with Gasteiger partial charge in [0.15, 0.2) is 12.0 Å². The number of ether oxygens (including phenoxy) is 1. The van der Waals surface area contributed by atoms with Crippen molar-refractivity contribution in [1.82, 2.24) is 9.97 Å². The highest BCUT2D eigenvalue weighted by Crippen LogP contribution is 2.22. The van der Waals surface area contributed by atoms with Crippen LogP contribution in [0.2, 0.25) is 0 Å². The van der Waals surface area contributed by atoms with Gasteiger partial charge in [0.1, 0.15) is 12.1 Å². The topological polar surface area (TPSA) is 52.1 Å². The number of benzene rings is 1. The summed E-state index contributed by atoms with van der Waals surface area (Å²) in [5, 5.41) is 0. The van der Waals surface area contributed by atoms with Crippen LogP contribution < -0.4 is 4.74 Å². The summed E-state index contributed by atoms with van der Waals surface area (Å²) in [6.45, 7) is 0. The Labute approximate surface area is 86.6 Å². The number of aromatic nitrogens is 2. The second kappa shape index (κ2) is 4.32. The molecule has 15 heavy (non-hydrogen) atoms. The van der Waals surface area contributed by atoms with Crippen LogP contribution in [0.1, 0.15) is 10.4 Å². The number of para-hydroxylation sites is 1. The first-order valence-corrected chi connectivity index (χ1v) is 4.37. The summed E-state index contributed by atoms with van der Waals surface area (Å²) in [5.41, 5.74) is 0.501. The molecule has 2 rings (SSSR count). The predicted octanol–water partition coefficient (Wildman–Crippen LogP) is 2.08. The van der Waals surface area contributed by atoms with Crippen LogP contribution in [-0.4, -0.2) is 16.3 Å². The second-order valence-corrected chi connectivity index (χ2v) is 2.83. The third-order valence-electron chi connectivity index (χ3n) is 1.81. The molecule has 0 saturated carbocycles. The van der Waals surface area contributed by atoms with Gasteiger partial charge in [-0.2, -0.15) is 0 Å². The standard InChI is InChI=1S/C11H8N2O2/c14-7-9-3-1-2-4-11(9)15-10-5-12-8-13-6-10/h1-8H. The monoisotopic (exact) mass is 200 g/mol. The lowest BCUT2D eigenvalue weighted by molar-refractivity contribution is 0.112. The van der Waals surface area contributed by atoms with Crippen LogP contribution in [0.5, 0.6) is 11.5 Å². The van der Waals surface area contributed by atoms with Gasteiger partial charge in [-0.05, 0) is 12.1 Å². The average Bonchev–Trinajstić information content (AvgIpc) is 2.31. The zero-order valence-corrected chi connectivity index (χ0v) is 7.83. The smallest absolute Gasteiger partial charge is 0.164 e. The summed E-state index contributed by atoms with van der Waals surface area (Å²) in [4.78, 5) is 18.3. The zero-order valence-electron chi connectivity index (χ0n) is 7.83. The van der Waals surface area contributed by atoms with Crippen molar-refractivity contribution in [3.63, 3.8) is 0 Å². The Balaban J connectivity index is 2.28. The summed E-state index contributed by atoms with van der Waals surface area (Å²) in [5.74, 6) is 1.01. The highest BCUT2D eigenvalue weighted by atomic mass is 16.5. The Morgan fingerprint density at radius 1 is 1.13 bits per heavy atom. The molecule has 0 atom stereocenters. The molecule has 74 valence electrons. The van der Waals surface area contributed by atoms with Crippen LogP contribution in [0.4, 0.5) is 0 Å². The third-order valence-corrected chi connectivity index (χ3v) is 1.81. The van der Waals surface area contributed by atoms with E-state index in [1.807, 2.05) is 0 Å². The van der Waals surface area contributed by atoms with E-state index in [-0.39, 0.29) is 0 Å². The summed E-state index contributed by atoms with van der Waals surface area (Å²) < 4.78 is 5.44. The minimum absolute atomic E-state index is 0.501. The van der Waals surface area contributed by atoms with Gasteiger partial charge in [0.2, 0.25) is 0 Å². The van der Waals surface area contributed by atoms with Gasteiger partial charge in [-0.25, -0.2) is 9.97 Å². The quantitative estimate of drug-likeness (QED) is 0.712. The minimum Gasteiger partial charge on any atom is -0.453 e. The van der Waals surface area contributed by atoms with Crippen molar-refractivity contribution in [1.29, 1.82) is 0 Å². The maximum absolute atomic E-state index is 10.7. The van der Waals surface area contributed by atoms with Gasteiger partial charge in [0.25, 0.3) is 0 Å². The molecule has 0 radical (unpaired) electrons. The molecule has 1 heterocycles. The molecule has 0 N–H and O–H groups in total. The number of carbonyl (C=O) groups is 1. The van der Waals surface area contributed by atoms with Crippen LogP contribution in [-0.2, 0) is 0 Å². The molecule has 0 amide bonds. The Hall–Kier alpha value is -2.23. The third kappa shape index (κ3) is 2.17. The number of aldehydes is 1. The molecule has 2 aromatic rings. The van der Waals surface area contributed by atoms with E-state index >= 15 is 0 Å². The lowest BCUT2D eigenvalue weighted by Gasteiger charge is -2.05. The van der Waals surface area contributed by atoms with Crippen LogP contribution in [0.25, 0.3) is 0 Å². The summed E-state index contributed by atoms with van der Waals surface area (Å²) in [6.07, 6.45) is 5.24. The molecule has 0 aliphatic rings. The molecule has 0 fully saturated rings. The van der Waals surface area contributed by atoms with Gasteiger partial charge in [0.05, 0.1) is 18.0 Å². The molecule has 0 bridgehead atoms. The van der Waals surface area contributed by atoms with Crippen LogP contribution in [0, 0.1) is 0 Å². The maximum Gasteiger partial charge on any atom is 0.164 e. The van der Waals surface area contributed by atoms with Crippen LogP contribution >= 0.6 is 0 Å². The Morgan fingerprint density at radius 3 is 2.60 bits per heavy atom. The van der Waals surface area contributed by atoms with E-state index in [1.165, 1.54) is 18.7 Å². The van der Waals surface area contributed by atoms with Gasteiger partial charge in [-0.3, -0.25) is 4.79 Å². The number of nitrogens with zero attached hydrogens (tertiary/aromatic N) is 2. The average molecular weight is 200 g/mol. The van der Waals surface area contributed by atoms with Crippen molar-refractivity contribution in [2.24, 2.45) is 0 Å². The fourth-order valence-electron chi connectivity index (χ4n) is 1.14. The first kappa shape index (κ1) is 9.33. The second-order valence-electron chi connectivity index (χ2n) is 2.83. The van der Waals surface area contributed by atoms with E-state index in [0.29, 0.717) is 17.1 Å². The molecular formula is C11H8N2O2. The number of hydrogen-bond acceptors (Lipinski definition) is 4. The first-order valence-electron chi connectivity index (χ1n) is 4.37. The fraction of sp³-hybridized carbons (Fsp3) is 0. The van der Waals surface area contributed by atoms with Gasteiger partial charge < -0.3 is 4.74 Å². The summed E-state index contributed by atoms with van der Waals surface area (Å²) in [7, 11) is 0. The van der Waals surface area contributed by atoms with Gasteiger partial charge in [-0.15, -0.1) is 0 Å². The van der Waals surface area contributed by atoms with Crippen LogP contribution in [0.15, 0.2) is 43.0 Å². The lowest BCUT2D eigenvalue weighted by atomic mass is 10.2. The number of carbonyl (C=O) groups excluding carboxylic acids is 1. The normalized spacial score (nSPS) is 9.60. The number of rotatable bonds is 3. The molecule has 0 spiro atoms. The lowest BCUT2D eigenvalue weighted by Crippen LogP contribution is -1.90. The number of hydrogen-bond donors (Lipinski definition) is 0. The molecule has 4 heteroatoms. The van der Waals surface area contributed by atoms with Crippen LogP contribution in [0.3, 0.4) is 0 Å². The van der Waals surface area contributed by atoms with E-state index in [0.717, 1.165) is 6.29 Å². The Bertz CT molecular complexity index is 457. The molecule has 1 aromatic carbocycles. The van der Waals surface area contributed by atoms with Crippen molar-refractivity contribution in [2.75, 3.05) is 0 Å². The molecule has 0 aliphatic heterocycles. The largest absolute Gasteiger partial charge is 0.453 e. The van der Waals surface area contributed by atoms with Crippen molar-refractivity contribution in [3.05, 3.63) is 48.5 Å². The Morgan fingerprint density at radius 2 is 1.87 bits per heavy atom. The summed E-state index contributed by atoms with van der Waals surface area (Å²) >= 11 is 0. The zero-order chi connectivity index (χ0) is 10.5. The highest BCUT2D eigenvalue weighted by molar-refractivity contribution is 5.79. The van der Waals surface area contributed by atoms with E-state index in [4.69, 9.17) is 4.74 Å². The van der Waals surface area contributed by atoms with E-state index in [2.05, 4.69) is 9.97 Å². The first-order chi connectivity index (χ1) is 7.40. The van der Waals surface area contributed by atoms with E-state index in [9.17, 15) is 4.79 Å². The van der Waals surface area contributed by atoms with Crippen molar-refractivity contribution in [2.45, 2.75) is 0 Å². The minimum atomic E-state index is 0.501. The molecule has 4 nitrogen and oxygen atoms in total. The van der Waals surface area contributed by atoms with Crippen molar-refractivity contribution < 1.29 is 9.53 Å². The molecule has 0 aliphatic carbocycles. The maximum atomic E-state index is 10.7. The fourth-order valence-corrected chi connectivity index (χ4v) is 1.14. The van der Waals surface area contributed by atoms with Crippen molar-refractivity contribution >= 4 is 6.29 Å². The summed E-state index contributed by atoms with van der Waals surface area (Å²) in [6, 6.07) is 6.98. The Kier molecular flexibility index (Phi) is 2.69. The molecule has 0 unspecified atom stereocenters. The predicted molar refractivity (Wildman–Crippen MR) is 53.9 cm³/mol. The molecular weight excluding hydrogens is 192 g/mol. The molecule has 0 saturated heterocycles. The van der Waals surface area contributed by atoms with Gasteiger partial charge in [0, 0.05) is 0 Å². The van der Waals surface area contributed by atoms with E-state index < -0.39 is 0 Å². The SMILES string of the molecule is O=Cc1ccccc1Oc1cncnc1. The van der Waals surface area contributed by atoms with Crippen molar-refractivity contribution in [3.8, 4) is 11.5 Å². The molecule has 1 aromatic heterocycles. The highest BCUT2D eigenvalue weighted by Gasteiger charge is 2.02.